The minimum absolute atomic E-state index is 0.313. The van der Waals surface area contributed by atoms with Gasteiger partial charge in [0, 0.05) is 0 Å². The fourth-order valence-electron chi connectivity index (χ4n) is 1.48. The number of unbranched alkanes of at least 4 members (excludes halogenated alkanes) is 1. The molecule has 90 valence electrons. The van der Waals surface area contributed by atoms with Gasteiger partial charge in [0.1, 0.15) is 12.4 Å². The van der Waals surface area contributed by atoms with Crippen LogP contribution in [0.1, 0.15) is 31.7 Å². The van der Waals surface area contributed by atoms with E-state index in [-0.39, 0.29) is 0 Å². The van der Waals surface area contributed by atoms with Crippen LogP contribution in [0.3, 0.4) is 0 Å². The Morgan fingerprint density at radius 1 is 1.44 bits per heavy atom. The Morgan fingerprint density at radius 2 is 2.19 bits per heavy atom. The second kappa shape index (κ2) is 6.38. The molecule has 1 aromatic rings. The molecular weight excluding hydrogens is 202 g/mol. The van der Waals surface area contributed by atoms with Crippen LogP contribution in [-0.2, 0) is 0 Å². The van der Waals surface area contributed by atoms with Crippen molar-refractivity contribution in [3.63, 3.8) is 0 Å². The third kappa shape index (κ3) is 4.11. The molecule has 0 aliphatic rings. The molecule has 0 amide bonds. The number of ether oxygens (including phenoxy) is 1. The van der Waals surface area contributed by atoms with E-state index in [1.165, 1.54) is 0 Å². The van der Waals surface area contributed by atoms with Gasteiger partial charge in [-0.05, 0) is 31.0 Å². The van der Waals surface area contributed by atoms with Crippen molar-refractivity contribution in [1.82, 2.24) is 0 Å². The van der Waals surface area contributed by atoms with Crippen LogP contribution >= 0.6 is 0 Å². The molecule has 3 N–H and O–H groups in total. The molecule has 1 rings (SSSR count). The van der Waals surface area contributed by atoms with Gasteiger partial charge >= 0.3 is 0 Å². The van der Waals surface area contributed by atoms with E-state index in [9.17, 15) is 5.11 Å². The molecule has 16 heavy (non-hydrogen) atoms. The van der Waals surface area contributed by atoms with Gasteiger partial charge in [0.25, 0.3) is 0 Å². The smallest absolute Gasteiger partial charge is 0.142 e. The van der Waals surface area contributed by atoms with Crippen molar-refractivity contribution in [2.45, 2.75) is 39.2 Å². The van der Waals surface area contributed by atoms with Crippen molar-refractivity contribution < 1.29 is 9.84 Å². The molecule has 0 aromatic heterocycles. The summed E-state index contributed by atoms with van der Waals surface area (Å²) in [6.07, 6.45) is 2.49. The lowest BCUT2D eigenvalue weighted by Gasteiger charge is -2.13. The second-order valence-corrected chi connectivity index (χ2v) is 4.15. The minimum atomic E-state index is -0.403. The predicted octanol–water partition coefficient (Wildman–Crippen LogP) is 2.51. The van der Waals surface area contributed by atoms with Crippen LogP contribution in [0.2, 0.25) is 0 Å². The Labute approximate surface area is 97.2 Å². The summed E-state index contributed by atoms with van der Waals surface area (Å²) < 4.78 is 5.50. The number of aliphatic hydroxyl groups excluding tert-OH is 1. The number of aliphatic hydroxyl groups is 1. The van der Waals surface area contributed by atoms with Crippen molar-refractivity contribution in [3.8, 4) is 5.75 Å². The van der Waals surface area contributed by atoms with Crippen LogP contribution in [-0.4, -0.2) is 17.8 Å². The number of hydrogen-bond donors (Lipinski definition) is 2. The third-order valence-electron chi connectivity index (χ3n) is 2.49. The standard InChI is InChI=1S/C13H21NO2/c1-3-4-5-11(15)9-16-13-8-10(2)6-7-12(13)14/h6-8,11,15H,3-5,9,14H2,1-2H3. The zero-order valence-corrected chi connectivity index (χ0v) is 10.1. The molecule has 0 saturated heterocycles. The van der Waals surface area contributed by atoms with Crippen molar-refractivity contribution in [3.05, 3.63) is 23.8 Å². The first kappa shape index (κ1) is 12.8. The van der Waals surface area contributed by atoms with Crippen molar-refractivity contribution >= 4 is 5.69 Å². The Balaban J connectivity index is 2.44. The van der Waals surface area contributed by atoms with E-state index in [0.29, 0.717) is 18.0 Å². The summed E-state index contributed by atoms with van der Waals surface area (Å²) in [6, 6.07) is 5.65. The SMILES string of the molecule is CCCCC(O)COc1cc(C)ccc1N. The highest BCUT2D eigenvalue weighted by Crippen LogP contribution is 2.22. The number of nitrogens with two attached hydrogens (primary N) is 1. The molecule has 0 heterocycles. The van der Waals surface area contributed by atoms with Gasteiger partial charge in [-0.1, -0.05) is 25.8 Å². The van der Waals surface area contributed by atoms with E-state index >= 15 is 0 Å². The molecule has 0 fully saturated rings. The molecular formula is C13H21NO2. The summed E-state index contributed by atoms with van der Waals surface area (Å²) in [5.41, 5.74) is 7.49. The molecule has 0 saturated carbocycles. The molecule has 0 spiro atoms. The maximum Gasteiger partial charge on any atom is 0.142 e. The lowest BCUT2D eigenvalue weighted by atomic mass is 10.2. The minimum Gasteiger partial charge on any atom is -0.489 e. The van der Waals surface area contributed by atoms with Crippen LogP contribution in [0.15, 0.2) is 18.2 Å². The molecule has 0 aliphatic carbocycles. The van der Waals surface area contributed by atoms with E-state index in [1.807, 2.05) is 25.1 Å². The molecule has 1 atom stereocenters. The Hall–Kier alpha value is -1.22. The monoisotopic (exact) mass is 223 g/mol. The van der Waals surface area contributed by atoms with Crippen LogP contribution in [0.5, 0.6) is 5.75 Å². The van der Waals surface area contributed by atoms with E-state index < -0.39 is 6.10 Å². The summed E-state index contributed by atoms with van der Waals surface area (Å²) in [5, 5.41) is 9.64. The number of nitrogen functional groups attached to an aromatic ring is 1. The van der Waals surface area contributed by atoms with Gasteiger partial charge in [0.15, 0.2) is 0 Å². The average Bonchev–Trinajstić information content (AvgIpc) is 2.27. The van der Waals surface area contributed by atoms with Crippen LogP contribution in [0, 0.1) is 6.92 Å². The fraction of sp³-hybridized carbons (Fsp3) is 0.538. The maximum atomic E-state index is 9.64. The number of rotatable bonds is 6. The Kier molecular flexibility index (Phi) is 5.12. The van der Waals surface area contributed by atoms with Gasteiger partial charge in [0.2, 0.25) is 0 Å². The predicted molar refractivity (Wildman–Crippen MR) is 66.6 cm³/mol. The van der Waals surface area contributed by atoms with Gasteiger partial charge in [0.05, 0.1) is 11.8 Å². The van der Waals surface area contributed by atoms with E-state index in [2.05, 4.69) is 6.92 Å². The summed E-state index contributed by atoms with van der Waals surface area (Å²) in [5.74, 6) is 0.663. The molecule has 0 bridgehead atoms. The number of hydrogen-bond acceptors (Lipinski definition) is 3. The number of anilines is 1. The van der Waals surface area contributed by atoms with E-state index in [0.717, 1.165) is 24.8 Å². The largest absolute Gasteiger partial charge is 0.489 e. The topological polar surface area (TPSA) is 55.5 Å². The summed E-state index contributed by atoms with van der Waals surface area (Å²) >= 11 is 0. The second-order valence-electron chi connectivity index (χ2n) is 4.15. The molecule has 0 radical (unpaired) electrons. The highest BCUT2D eigenvalue weighted by Gasteiger charge is 2.06. The molecule has 0 aliphatic heterocycles. The van der Waals surface area contributed by atoms with Gasteiger partial charge in [-0.2, -0.15) is 0 Å². The highest BCUT2D eigenvalue weighted by molar-refractivity contribution is 5.53. The van der Waals surface area contributed by atoms with Crippen molar-refractivity contribution in [2.24, 2.45) is 0 Å². The first-order valence-corrected chi connectivity index (χ1v) is 5.80. The molecule has 1 unspecified atom stereocenters. The maximum absolute atomic E-state index is 9.64. The zero-order chi connectivity index (χ0) is 12.0. The van der Waals surface area contributed by atoms with Crippen LogP contribution < -0.4 is 10.5 Å². The third-order valence-corrected chi connectivity index (χ3v) is 2.49. The lowest BCUT2D eigenvalue weighted by molar-refractivity contribution is 0.0983. The van der Waals surface area contributed by atoms with Crippen molar-refractivity contribution in [2.75, 3.05) is 12.3 Å². The molecule has 1 aromatic carbocycles. The first-order valence-electron chi connectivity index (χ1n) is 5.80. The van der Waals surface area contributed by atoms with E-state index in [4.69, 9.17) is 10.5 Å². The highest BCUT2D eigenvalue weighted by atomic mass is 16.5. The molecule has 3 nitrogen and oxygen atoms in total. The first-order chi connectivity index (χ1) is 7.63. The average molecular weight is 223 g/mol. The Morgan fingerprint density at radius 3 is 2.88 bits per heavy atom. The van der Waals surface area contributed by atoms with Crippen molar-refractivity contribution in [1.29, 1.82) is 0 Å². The van der Waals surface area contributed by atoms with E-state index in [1.54, 1.807) is 0 Å². The normalized spacial score (nSPS) is 12.4. The summed E-state index contributed by atoms with van der Waals surface area (Å²) in [6.45, 7) is 4.40. The zero-order valence-electron chi connectivity index (χ0n) is 10.1. The van der Waals surface area contributed by atoms with Gasteiger partial charge in [-0.3, -0.25) is 0 Å². The summed E-state index contributed by atoms with van der Waals surface area (Å²) in [7, 11) is 0. The Bertz CT molecular complexity index is 326. The van der Waals surface area contributed by atoms with Crippen LogP contribution in [0.25, 0.3) is 0 Å². The lowest BCUT2D eigenvalue weighted by Crippen LogP contribution is -2.17. The van der Waals surface area contributed by atoms with Crippen LogP contribution in [0.4, 0.5) is 5.69 Å². The summed E-state index contributed by atoms with van der Waals surface area (Å²) in [4.78, 5) is 0. The van der Waals surface area contributed by atoms with Gasteiger partial charge < -0.3 is 15.6 Å². The fourth-order valence-corrected chi connectivity index (χ4v) is 1.48. The number of benzene rings is 1. The quantitative estimate of drug-likeness (QED) is 0.728. The van der Waals surface area contributed by atoms with Gasteiger partial charge in [-0.25, -0.2) is 0 Å². The number of aryl methyl sites for hydroxylation is 1. The molecule has 3 heteroatoms. The van der Waals surface area contributed by atoms with Gasteiger partial charge in [-0.15, -0.1) is 0 Å².